The molecule has 0 saturated carbocycles. The van der Waals surface area contributed by atoms with Crippen LogP contribution in [-0.2, 0) is 4.79 Å². The molecule has 0 atom stereocenters. The molecule has 1 aliphatic heterocycles. The maximum absolute atomic E-state index is 11.1. The highest BCUT2D eigenvalue weighted by molar-refractivity contribution is 5.93. The van der Waals surface area contributed by atoms with Gasteiger partial charge in [-0.05, 0) is 30.7 Å². The lowest BCUT2D eigenvalue weighted by Crippen LogP contribution is -2.25. The van der Waals surface area contributed by atoms with Crippen molar-refractivity contribution >= 4 is 17.6 Å². The number of carboxylic acids is 2. The van der Waals surface area contributed by atoms with E-state index in [9.17, 15) is 14.7 Å². The molecule has 1 heterocycles. The number of carbonyl (C=O) groups is 2. The van der Waals surface area contributed by atoms with Crippen LogP contribution in [0.15, 0.2) is 47.9 Å². The molecule has 0 bridgehead atoms. The van der Waals surface area contributed by atoms with Crippen LogP contribution in [0.5, 0.6) is 0 Å². The average molecular weight is 287 g/mol. The molecule has 1 aromatic carbocycles. The monoisotopic (exact) mass is 287 g/mol. The van der Waals surface area contributed by atoms with E-state index in [0.717, 1.165) is 0 Å². The van der Waals surface area contributed by atoms with Crippen LogP contribution in [0.25, 0.3) is 5.70 Å². The Morgan fingerprint density at radius 1 is 1.19 bits per heavy atom. The Hall–Kier alpha value is -3.02. The highest BCUT2D eigenvalue weighted by Crippen LogP contribution is 2.26. The number of hydrogen-bond acceptors (Lipinski definition) is 4. The molecule has 0 spiro atoms. The molecule has 4 N–H and O–H groups in total. The molecule has 6 nitrogen and oxygen atoms in total. The molecule has 1 aromatic rings. The van der Waals surface area contributed by atoms with Crippen LogP contribution in [-0.4, -0.2) is 27.3 Å². The first-order valence-electron chi connectivity index (χ1n) is 6.00. The molecule has 0 saturated heterocycles. The number of aromatic carboxylic acids is 1. The van der Waals surface area contributed by atoms with Gasteiger partial charge in [0.2, 0.25) is 0 Å². The van der Waals surface area contributed by atoms with Crippen molar-refractivity contribution in [2.45, 2.75) is 6.92 Å². The smallest absolute Gasteiger partial charge is 0.356 e. The number of aryl methyl sites for hydroxylation is 1. The standard InChI is InChI=1S/C15H13NO5/c1-7-5-9(14(18)19)3-4-10(7)11-6-8(2)13(17)12(16-11)15(20)21/h3-6,16-17H,2H2,1H3,(H,18,19)(H,20,21). The second-order valence-electron chi connectivity index (χ2n) is 4.57. The number of allylic oxidation sites excluding steroid dienone is 1. The fraction of sp³-hybridized carbons (Fsp3) is 0.0667. The summed E-state index contributed by atoms with van der Waals surface area (Å²) in [6, 6.07) is 4.49. The molecule has 0 unspecified atom stereocenters. The van der Waals surface area contributed by atoms with Gasteiger partial charge in [0.15, 0.2) is 11.5 Å². The number of aliphatic hydroxyl groups excluding tert-OH is 1. The first kappa shape index (κ1) is 14.4. The predicted molar refractivity (Wildman–Crippen MR) is 75.7 cm³/mol. The van der Waals surface area contributed by atoms with E-state index in [4.69, 9.17) is 10.2 Å². The second-order valence-corrected chi connectivity index (χ2v) is 4.57. The minimum Gasteiger partial charge on any atom is -0.505 e. The van der Waals surface area contributed by atoms with Gasteiger partial charge in [-0.1, -0.05) is 12.6 Å². The van der Waals surface area contributed by atoms with Crippen LogP contribution in [0.1, 0.15) is 21.5 Å². The molecule has 0 radical (unpaired) electrons. The van der Waals surface area contributed by atoms with E-state index in [1.165, 1.54) is 18.2 Å². The zero-order valence-electron chi connectivity index (χ0n) is 11.2. The Morgan fingerprint density at radius 2 is 1.86 bits per heavy atom. The van der Waals surface area contributed by atoms with Crippen molar-refractivity contribution in [2.75, 3.05) is 0 Å². The number of aliphatic hydroxyl groups is 1. The zero-order valence-corrected chi connectivity index (χ0v) is 11.2. The molecule has 0 aromatic heterocycles. The molecular weight excluding hydrogens is 274 g/mol. The quantitative estimate of drug-likeness (QED) is 0.678. The van der Waals surface area contributed by atoms with Gasteiger partial charge in [0.1, 0.15) is 0 Å². The number of dihydropyridines is 1. The topological polar surface area (TPSA) is 107 Å². The summed E-state index contributed by atoms with van der Waals surface area (Å²) >= 11 is 0. The third-order valence-corrected chi connectivity index (χ3v) is 3.10. The zero-order chi connectivity index (χ0) is 15.7. The summed E-state index contributed by atoms with van der Waals surface area (Å²) in [5.74, 6) is -2.77. The lowest BCUT2D eigenvalue weighted by molar-refractivity contribution is -0.133. The molecule has 0 aliphatic carbocycles. The van der Waals surface area contributed by atoms with Gasteiger partial charge in [-0.2, -0.15) is 0 Å². The number of aliphatic carboxylic acids is 1. The number of nitrogens with one attached hydrogen (secondary N) is 1. The Balaban J connectivity index is 2.45. The van der Waals surface area contributed by atoms with Crippen molar-refractivity contribution in [3.8, 4) is 0 Å². The average Bonchev–Trinajstić information content (AvgIpc) is 2.41. The Labute approximate surface area is 120 Å². The minimum atomic E-state index is -1.31. The Kier molecular flexibility index (Phi) is 3.54. The van der Waals surface area contributed by atoms with E-state index in [1.54, 1.807) is 13.0 Å². The highest BCUT2D eigenvalue weighted by atomic mass is 16.4. The molecule has 21 heavy (non-hydrogen) atoms. The van der Waals surface area contributed by atoms with Gasteiger partial charge in [-0.25, -0.2) is 9.59 Å². The number of carboxylic acid groups (broad SMARTS) is 2. The van der Waals surface area contributed by atoms with Crippen molar-refractivity contribution in [1.82, 2.24) is 5.32 Å². The normalized spacial score (nSPS) is 14.5. The summed E-state index contributed by atoms with van der Waals surface area (Å²) in [4.78, 5) is 22.0. The van der Waals surface area contributed by atoms with Crippen molar-refractivity contribution in [3.63, 3.8) is 0 Å². The first-order chi connectivity index (χ1) is 9.81. The number of hydrogen-bond donors (Lipinski definition) is 4. The Morgan fingerprint density at radius 3 is 2.38 bits per heavy atom. The van der Waals surface area contributed by atoms with Crippen LogP contribution in [0.3, 0.4) is 0 Å². The van der Waals surface area contributed by atoms with Gasteiger partial charge in [0.05, 0.1) is 5.56 Å². The van der Waals surface area contributed by atoms with Gasteiger partial charge >= 0.3 is 11.9 Å². The highest BCUT2D eigenvalue weighted by Gasteiger charge is 2.23. The maximum Gasteiger partial charge on any atom is 0.356 e. The van der Waals surface area contributed by atoms with E-state index < -0.39 is 17.7 Å². The largest absolute Gasteiger partial charge is 0.505 e. The van der Waals surface area contributed by atoms with Crippen LogP contribution >= 0.6 is 0 Å². The van der Waals surface area contributed by atoms with Gasteiger partial charge < -0.3 is 20.6 Å². The van der Waals surface area contributed by atoms with Crippen molar-refractivity contribution in [1.29, 1.82) is 0 Å². The number of benzene rings is 1. The van der Waals surface area contributed by atoms with Crippen molar-refractivity contribution in [3.05, 3.63) is 64.6 Å². The van der Waals surface area contributed by atoms with E-state index in [2.05, 4.69) is 11.9 Å². The van der Waals surface area contributed by atoms with Gasteiger partial charge in [-0.3, -0.25) is 0 Å². The maximum atomic E-state index is 11.1. The number of rotatable bonds is 3. The van der Waals surface area contributed by atoms with Crippen LogP contribution in [0, 0.1) is 6.92 Å². The molecular formula is C15H13NO5. The molecule has 0 amide bonds. The fourth-order valence-electron chi connectivity index (χ4n) is 2.03. The first-order valence-corrected chi connectivity index (χ1v) is 6.00. The summed E-state index contributed by atoms with van der Waals surface area (Å²) < 4.78 is 0. The van der Waals surface area contributed by atoms with Crippen LogP contribution < -0.4 is 5.32 Å². The lowest BCUT2D eigenvalue weighted by atomic mass is 9.98. The van der Waals surface area contributed by atoms with E-state index in [0.29, 0.717) is 16.8 Å². The SMILES string of the molecule is C=C1C=C(c2ccc(C(=O)O)cc2C)NC(C(=O)O)=C1O. The van der Waals surface area contributed by atoms with Gasteiger partial charge in [-0.15, -0.1) is 0 Å². The summed E-state index contributed by atoms with van der Waals surface area (Å²) in [7, 11) is 0. The molecule has 108 valence electrons. The second kappa shape index (κ2) is 5.16. The molecule has 2 rings (SSSR count). The minimum absolute atomic E-state index is 0.142. The van der Waals surface area contributed by atoms with Crippen LogP contribution in [0.4, 0.5) is 0 Å². The van der Waals surface area contributed by atoms with E-state index in [1.807, 2.05) is 0 Å². The van der Waals surface area contributed by atoms with Gasteiger partial charge in [0, 0.05) is 16.8 Å². The third kappa shape index (κ3) is 2.64. The van der Waals surface area contributed by atoms with Crippen LogP contribution in [0.2, 0.25) is 0 Å². The summed E-state index contributed by atoms with van der Waals surface area (Å²) in [6.45, 7) is 5.31. The third-order valence-electron chi connectivity index (χ3n) is 3.10. The van der Waals surface area contributed by atoms with E-state index in [-0.39, 0.29) is 16.8 Å². The van der Waals surface area contributed by atoms with Crippen molar-refractivity contribution < 1.29 is 24.9 Å². The Bertz CT molecular complexity index is 728. The summed E-state index contributed by atoms with van der Waals surface area (Å²) in [6.07, 6.45) is 1.50. The fourth-order valence-corrected chi connectivity index (χ4v) is 2.03. The molecule has 6 heteroatoms. The predicted octanol–water partition coefficient (Wildman–Crippen LogP) is 2.05. The summed E-state index contributed by atoms with van der Waals surface area (Å²) in [5.41, 5.74) is 1.68. The molecule has 1 aliphatic rings. The summed E-state index contributed by atoms with van der Waals surface area (Å²) in [5, 5.41) is 30.3. The molecule has 0 fully saturated rings. The van der Waals surface area contributed by atoms with E-state index >= 15 is 0 Å². The van der Waals surface area contributed by atoms with Crippen molar-refractivity contribution in [2.24, 2.45) is 0 Å². The van der Waals surface area contributed by atoms with Gasteiger partial charge in [0.25, 0.3) is 0 Å². The lowest BCUT2D eigenvalue weighted by Gasteiger charge is -2.20.